The van der Waals surface area contributed by atoms with Gasteiger partial charge in [-0.1, -0.05) is 45.9 Å². The van der Waals surface area contributed by atoms with Gasteiger partial charge in [0, 0.05) is 22.8 Å². The summed E-state index contributed by atoms with van der Waals surface area (Å²) in [5.74, 6) is 0.298. The Morgan fingerprint density at radius 1 is 1.14 bits per heavy atom. The van der Waals surface area contributed by atoms with Crippen LogP contribution in [0.4, 0.5) is 5.69 Å². The molecule has 0 unspecified atom stereocenters. The summed E-state index contributed by atoms with van der Waals surface area (Å²) in [6, 6.07) is 14.3. The lowest BCUT2D eigenvalue weighted by molar-refractivity contribution is -0.113. The molecule has 3 aromatic rings. The van der Waals surface area contributed by atoms with Crippen LogP contribution in [0.5, 0.6) is 0 Å². The van der Waals surface area contributed by atoms with Gasteiger partial charge in [-0.3, -0.25) is 4.79 Å². The zero-order valence-corrected chi connectivity index (χ0v) is 17.6. The van der Waals surface area contributed by atoms with Crippen LogP contribution in [0.15, 0.2) is 58.2 Å². The average Bonchev–Trinajstić information content (AvgIpc) is 3.07. The van der Waals surface area contributed by atoms with Crippen molar-refractivity contribution in [2.45, 2.75) is 5.16 Å². The monoisotopic (exact) mass is 460 g/mol. The summed E-state index contributed by atoms with van der Waals surface area (Å²) >= 11 is 4.81. The van der Waals surface area contributed by atoms with E-state index in [2.05, 4.69) is 36.2 Å². The first-order chi connectivity index (χ1) is 13.5. The summed E-state index contributed by atoms with van der Waals surface area (Å²) < 4.78 is 7.43. The number of aromatic nitrogens is 3. The first kappa shape index (κ1) is 20.1. The van der Waals surface area contributed by atoms with Crippen LogP contribution in [0.2, 0.25) is 0 Å². The van der Waals surface area contributed by atoms with E-state index in [1.54, 1.807) is 24.3 Å². The van der Waals surface area contributed by atoms with Crippen molar-refractivity contribution in [3.05, 3.63) is 58.6 Å². The maximum absolute atomic E-state index is 12.2. The Hall–Kier alpha value is -2.65. The van der Waals surface area contributed by atoms with Crippen molar-refractivity contribution in [1.82, 2.24) is 14.8 Å². The number of benzene rings is 2. The number of methoxy groups -OCH3 is 1. The van der Waals surface area contributed by atoms with Gasteiger partial charge < -0.3 is 14.6 Å². The van der Waals surface area contributed by atoms with E-state index in [1.165, 1.54) is 18.9 Å². The van der Waals surface area contributed by atoms with Crippen LogP contribution in [0, 0.1) is 0 Å². The molecule has 0 atom stereocenters. The third-order valence-corrected chi connectivity index (χ3v) is 5.58. The number of amides is 1. The first-order valence-corrected chi connectivity index (χ1v) is 10.0. The fourth-order valence-electron chi connectivity index (χ4n) is 2.45. The maximum atomic E-state index is 12.2. The van der Waals surface area contributed by atoms with E-state index in [-0.39, 0.29) is 11.7 Å². The number of carbonyl (C=O) groups excluding carboxylic acids is 2. The molecule has 0 aliphatic carbocycles. The van der Waals surface area contributed by atoms with Gasteiger partial charge in [-0.15, -0.1) is 10.2 Å². The Morgan fingerprint density at radius 2 is 1.86 bits per heavy atom. The Balaban J connectivity index is 1.61. The maximum Gasteiger partial charge on any atom is 0.337 e. The van der Waals surface area contributed by atoms with Gasteiger partial charge in [0.05, 0.1) is 18.4 Å². The van der Waals surface area contributed by atoms with E-state index < -0.39 is 5.97 Å². The number of rotatable bonds is 6. The van der Waals surface area contributed by atoms with Crippen molar-refractivity contribution < 1.29 is 14.3 Å². The standard InChI is InChI=1S/C19H17BrN4O3S/c1-24-17(14-5-3-4-6-15(14)20)22-23-19(24)28-11-16(25)21-13-9-7-12(8-10-13)18(26)27-2/h3-10H,11H2,1-2H3,(H,21,25). The Morgan fingerprint density at radius 3 is 2.54 bits per heavy atom. The number of nitrogens with zero attached hydrogens (tertiary/aromatic N) is 3. The molecule has 0 spiro atoms. The molecule has 0 fully saturated rings. The second-order valence-electron chi connectivity index (χ2n) is 5.75. The molecule has 1 aromatic heterocycles. The third kappa shape index (κ3) is 4.60. The Labute approximate surface area is 174 Å². The molecule has 0 bridgehead atoms. The molecule has 144 valence electrons. The molecule has 0 aliphatic rings. The number of halogens is 1. The molecule has 0 aliphatic heterocycles. The van der Waals surface area contributed by atoms with Crippen LogP contribution in [-0.2, 0) is 16.6 Å². The van der Waals surface area contributed by atoms with E-state index in [4.69, 9.17) is 0 Å². The van der Waals surface area contributed by atoms with Crippen molar-refractivity contribution in [2.75, 3.05) is 18.2 Å². The van der Waals surface area contributed by atoms with Gasteiger partial charge in [-0.2, -0.15) is 0 Å². The molecule has 9 heteroatoms. The van der Waals surface area contributed by atoms with Crippen LogP contribution in [0.3, 0.4) is 0 Å². The predicted octanol–water partition coefficient (Wildman–Crippen LogP) is 3.76. The van der Waals surface area contributed by atoms with Crippen LogP contribution in [0.1, 0.15) is 10.4 Å². The van der Waals surface area contributed by atoms with Crippen LogP contribution >= 0.6 is 27.7 Å². The van der Waals surface area contributed by atoms with Gasteiger partial charge in [-0.05, 0) is 30.3 Å². The highest BCUT2D eigenvalue weighted by molar-refractivity contribution is 9.10. The molecule has 1 N–H and O–H groups in total. The molecule has 28 heavy (non-hydrogen) atoms. The molecule has 3 rings (SSSR count). The second kappa shape index (κ2) is 9.03. The molecule has 2 aromatic carbocycles. The predicted molar refractivity (Wildman–Crippen MR) is 111 cm³/mol. The number of nitrogens with one attached hydrogen (secondary N) is 1. The molecule has 0 radical (unpaired) electrons. The average molecular weight is 461 g/mol. The molecule has 7 nitrogen and oxygen atoms in total. The molecule has 0 saturated carbocycles. The minimum Gasteiger partial charge on any atom is -0.465 e. The van der Waals surface area contributed by atoms with Gasteiger partial charge >= 0.3 is 5.97 Å². The summed E-state index contributed by atoms with van der Waals surface area (Å²) in [6.45, 7) is 0. The van der Waals surface area contributed by atoms with Crippen molar-refractivity contribution in [2.24, 2.45) is 7.05 Å². The highest BCUT2D eigenvalue weighted by atomic mass is 79.9. The van der Waals surface area contributed by atoms with Crippen molar-refractivity contribution in [3.63, 3.8) is 0 Å². The van der Waals surface area contributed by atoms with Gasteiger partial charge in [-0.25, -0.2) is 4.79 Å². The van der Waals surface area contributed by atoms with E-state index in [0.717, 1.165) is 10.0 Å². The Kier molecular flexibility index (Phi) is 6.48. The highest BCUT2D eigenvalue weighted by Crippen LogP contribution is 2.28. The summed E-state index contributed by atoms with van der Waals surface area (Å²) in [4.78, 5) is 23.6. The lowest BCUT2D eigenvalue weighted by atomic mass is 10.2. The number of ether oxygens (including phenoxy) is 1. The first-order valence-electron chi connectivity index (χ1n) is 8.25. The fourth-order valence-corrected chi connectivity index (χ4v) is 3.63. The van der Waals surface area contributed by atoms with Crippen LogP contribution in [0.25, 0.3) is 11.4 Å². The number of hydrogen-bond acceptors (Lipinski definition) is 6. The number of esters is 1. The lowest BCUT2D eigenvalue weighted by Crippen LogP contribution is -2.14. The molecule has 1 heterocycles. The van der Waals surface area contributed by atoms with Crippen LogP contribution < -0.4 is 5.32 Å². The van der Waals surface area contributed by atoms with Gasteiger partial charge in [0.2, 0.25) is 5.91 Å². The number of anilines is 1. The van der Waals surface area contributed by atoms with Crippen LogP contribution in [-0.4, -0.2) is 39.5 Å². The Bertz CT molecular complexity index is 1000. The number of hydrogen-bond donors (Lipinski definition) is 1. The van der Waals surface area contributed by atoms with Gasteiger partial charge in [0.1, 0.15) is 0 Å². The minimum absolute atomic E-state index is 0.179. The van der Waals surface area contributed by atoms with Gasteiger partial charge in [0.15, 0.2) is 11.0 Å². The largest absolute Gasteiger partial charge is 0.465 e. The zero-order chi connectivity index (χ0) is 20.1. The highest BCUT2D eigenvalue weighted by Gasteiger charge is 2.15. The fraction of sp³-hybridized carbons (Fsp3) is 0.158. The van der Waals surface area contributed by atoms with E-state index in [1.807, 2.05) is 35.9 Å². The third-order valence-electron chi connectivity index (χ3n) is 3.87. The minimum atomic E-state index is -0.420. The number of thioether (sulfide) groups is 1. The van der Waals surface area contributed by atoms with E-state index >= 15 is 0 Å². The summed E-state index contributed by atoms with van der Waals surface area (Å²) in [7, 11) is 3.18. The van der Waals surface area contributed by atoms with Crippen molar-refractivity contribution in [3.8, 4) is 11.4 Å². The normalized spacial score (nSPS) is 10.5. The van der Waals surface area contributed by atoms with Crippen molar-refractivity contribution in [1.29, 1.82) is 0 Å². The van der Waals surface area contributed by atoms with Gasteiger partial charge in [0.25, 0.3) is 0 Å². The summed E-state index contributed by atoms with van der Waals surface area (Å²) in [6.07, 6.45) is 0. The topological polar surface area (TPSA) is 86.1 Å². The lowest BCUT2D eigenvalue weighted by Gasteiger charge is -2.07. The van der Waals surface area contributed by atoms with E-state index in [9.17, 15) is 9.59 Å². The van der Waals surface area contributed by atoms with E-state index in [0.29, 0.717) is 22.2 Å². The molecule has 1 amide bonds. The smallest absolute Gasteiger partial charge is 0.337 e. The quantitative estimate of drug-likeness (QED) is 0.445. The summed E-state index contributed by atoms with van der Waals surface area (Å²) in [5, 5.41) is 11.8. The number of carbonyl (C=O) groups is 2. The SMILES string of the molecule is COC(=O)c1ccc(NC(=O)CSc2nnc(-c3ccccc3Br)n2C)cc1. The molecular formula is C19H17BrN4O3S. The zero-order valence-electron chi connectivity index (χ0n) is 15.2. The molecular weight excluding hydrogens is 444 g/mol. The molecule has 0 saturated heterocycles. The second-order valence-corrected chi connectivity index (χ2v) is 7.55. The van der Waals surface area contributed by atoms with Crippen molar-refractivity contribution >= 4 is 45.3 Å². The summed E-state index contributed by atoms with van der Waals surface area (Å²) in [5.41, 5.74) is 1.96.